The van der Waals surface area contributed by atoms with Crippen LogP contribution in [0.5, 0.6) is 0 Å². The predicted molar refractivity (Wildman–Crippen MR) is 81.7 cm³/mol. The quantitative estimate of drug-likeness (QED) is 0.189. The fraction of sp³-hybridized carbons (Fsp3) is 0.846. The first-order valence-electron chi connectivity index (χ1n) is 6.84. The van der Waals surface area contributed by atoms with Gasteiger partial charge in [-0.25, -0.2) is 0 Å². The van der Waals surface area contributed by atoms with Crippen LogP contribution in [0, 0.1) is 5.41 Å². The largest absolute Gasteiger partial charge is 0.409 e. The first-order valence-corrected chi connectivity index (χ1v) is 8.23. The number of nitrogens with two attached hydrogens (primary N) is 1. The van der Waals surface area contributed by atoms with Gasteiger partial charge in [0.25, 0.3) is 0 Å². The van der Waals surface area contributed by atoms with E-state index >= 15 is 0 Å². The number of rotatable bonds is 10. The van der Waals surface area contributed by atoms with Gasteiger partial charge in [-0.2, -0.15) is 11.8 Å². The molecule has 6 heteroatoms. The first kappa shape index (κ1) is 18.1. The molecule has 0 unspecified atom stereocenters. The van der Waals surface area contributed by atoms with Crippen LogP contribution in [0.3, 0.4) is 0 Å². The molecular formula is C13H27N3O2S. The third-order valence-corrected chi connectivity index (χ3v) is 3.89. The molecule has 0 aromatic carbocycles. The van der Waals surface area contributed by atoms with Crippen molar-refractivity contribution in [2.24, 2.45) is 16.3 Å². The van der Waals surface area contributed by atoms with Crippen LogP contribution in [0.15, 0.2) is 5.16 Å². The molecule has 5 nitrogen and oxygen atoms in total. The fourth-order valence-electron chi connectivity index (χ4n) is 2.26. The molecule has 19 heavy (non-hydrogen) atoms. The summed E-state index contributed by atoms with van der Waals surface area (Å²) in [6.45, 7) is 4.62. The molecule has 0 rings (SSSR count). The Bertz CT molecular complexity index is 290. The third-order valence-electron chi connectivity index (χ3n) is 3.20. The number of carbonyl (C=O) groups is 1. The lowest BCUT2D eigenvalue weighted by Crippen LogP contribution is -2.50. The van der Waals surface area contributed by atoms with Crippen LogP contribution in [-0.4, -0.2) is 35.5 Å². The van der Waals surface area contributed by atoms with Gasteiger partial charge < -0.3 is 16.3 Å². The highest BCUT2D eigenvalue weighted by Gasteiger charge is 2.41. The number of hydrogen-bond donors (Lipinski definition) is 3. The summed E-state index contributed by atoms with van der Waals surface area (Å²) in [4.78, 5) is 12.4. The zero-order valence-corrected chi connectivity index (χ0v) is 13.1. The predicted octanol–water partition coefficient (Wildman–Crippen LogP) is 2.19. The second kappa shape index (κ2) is 9.95. The summed E-state index contributed by atoms with van der Waals surface area (Å²) in [7, 11) is 0. The Labute approximate surface area is 120 Å². The number of nitrogens with zero attached hydrogens (tertiary/aromatic N) is 1. The molecule has 0 fully saturated rings. The van der Waals surface area contributed by atoms with E-state index in [2.05, 4.69) is 10.5 Å². The summed E-state index contributed by atoms with van der Waals surface area (Å²) in [5, 5.41) is 15.0. The number of oxime groups is 1. The lowest BCUT2D eigenvalue weighted by molar-refractivity contribution is -0.128. The highest BCUT2D eigenvalue weighted by atomic mass is 32.2. The summed E-state index contributed by atoms with van der Waals surface area (Å²) in [5.41, 5.74) is 4.93. The molecule has 0 aliphatic rings. The average molecular weight is 289 g/mol. The van der Waals surface area contributed by atoms with Gasteiger partial charge >= 0.3 is 0 Å². The lowest BCUT2D eigenvalue weighted by atomic mass is 9.77. The van der Waals surface area contributed by atoms with Crippen molar-refractivity contribution in [2.45, 2.75) is 46.0 Å². The Morgan fingerprint density at radius 1 is 1.37 bits per heavy atom. The Balaban J connectivity index is 4.83. The average Bonchev–Trinajstić information content (AvgIpc) is 2.42. The fourth-order valence-corrected chi connectivity index (χ4v) is 2.69. The van der Waals surface area contributed by atoms with Crippen molar-refractivity contribution in [2.75, 3.05) is 18.6 Å². The highest BCUT2D eigenvalue weighted by Crippen LogP contribution is 2.30. The van der Waals surface area contributed by atoms with E-state index in [1.54, 1.807) is 11.8 Å². The van der Waals surface area contributed by atoms with E-state index in [4.69, 9.17) is 10.9 Å². The Morgan fingerprint density at radius 3 is 2.37 bits per heavy atom. The van der Waals surface area contributed by atoms with Crippen molar-refractivity contribution in [1.29, 1.82) is 0 Å². The van der Waals surface area contributed by atoms with E-state index < -0.39 is 5.41 Å². The van der Waals surface area contributed by atoms with Crippen molar-refractivity contribution in [3.8, 4) is 0 Å². The molecule has 0 atom stereocenters. The molecule has 112 valence electrons. The number of amides is 1. The molecule has 0 saturated heterocycles. The maximum Gasteiger partial charge on any atom is 0.233 e. The summed E-state index contributed by atoms with van der Waals surface area (Å²) in [6.07, 6.45) is 5.80. The number of hydrogen-bond acceptors (Lipinski definition) is 4. The van der Waals surface area contributed by atoms with Gasteiger partial charge in [0.1, 0.15) is 5.41 Å². The van der Waals surface area contributed by atoms with Crippen molar-refractivity contribution < 1.29 is 10.0 Å². The Hall–Kier alpha value is -0.910. The van der Waals surface area contributed by atoms with E-state index in [0.717, 1.165) is 25.0 Å². The molecule has 0 heterocycles. The van der Waals surface area contributed by atoms with E-state index in [-0.39, 0.29) is 11.7 Å². The molecule has 0 aromatic rings. The lowest BCUT2D eigenvalue weighted by Gasteiger charge is -2.30. The summed E-state index contributed by atoms with van der Waals surface area (Å²) in [6, 6.07) is 0. The molecule has 4 N–H and O–H groups in total. The van der Waals surface area contributed by atoms with Gasteiger partial charge in [0.2, 0.25) is 5.91 Å². The van der Waals surface area contributed by atoms with E-state index in [1.807, 2.05) is 20.1 Å². The second-order valence-electron chi connectivity index (χ2n) is 4.67. The molecule has 1 amide bonds. The van der Waals surface area contributed by atoms with Crippen LogP contribution in [0.4, 0.5) is 0 Å². The van der Waals surface area contributed by atoms with Crippen molar-refractivity contribution in [3.05, 3.63) is 0 Å². The molecule has 0 radical (unpaired) electrons. The zero-order valence-electron chi connectivity index (χ0n) is 12.2. The van der Waals surface area contributed by atoms with Gasteiger partial charge in [-0.1, -0.05) is 31.8 Å². The number of amidine groups is 1. The van der Waals surface area contributed by atoms with E-state index in [9.17, 15) is 4.79 Å². The Morgan fingerprint density at radius 2 is 1.95 bits per heavy atom. The molecular weight excluding hydrogens is 262 g/mol. The van der Waals surface area contributed by atoms with Crippen LogP contribution < -0.4 is 11.1 Å². The summed E-state index contributed by atoms with van der Waals surface area (Å²) < 4.78 is 0. The smallest absolute Gasteiger partial charge is 0.233 e. The van der Waals surface area contributed by atoms with E-state index in [0.29, 0.717) is 19.4 Å². The van der Waals surface area contributed by atoms with Gasteiger partial charge in [-0.15, -0.1) is 0 Å². The van der Waals surface area contributed by atoms with Crippen LogP contribution >= 0.6 is 11.8 Å². The molecule has 0 saturated carbocycles. The summed E-state index contributed by atoms with van der Waals surface area (Å²) >= 11 is 1.75. The van der Waals surface area contributed by atoms with Gasteiger partial charge in [0, 0.05) is 6.54 Å². The van der Waals surface area contributed by atoms with Crippen LogP contribution in [0.25, 0.3) is 0 Å². The molecule has 0 aliphatic heterocycles. The van der Waals surface area contributed by atoms with Gasteiger partial charge in [0.15, 0.2) is 5.84 Å². The van der Waals surface area contributed by atoms with Gasteiger partial charge in [0.05, 0.1) is 0 Å². The molecule has 0 aliphatic carbocycles. The van der Waals surface area contributed by atoms with Gasteiger partial charge in [-0.05, 0) is 31.3 Å². The Kier molecular flexibility index (Phi) is 9.47. The molecule has 0 spiro atoms. The summed E-state index contributed by atoms with van der Waals surface area (Å²) in [5.74, 6) is 0.921. The monoisotopic (exact) mass is 289 g/mol. The zero-order chi connectivity index (χ0) is 14.7. The topological polar surface area (TPSA) is 87.7 Å². The van der Waals surface area contributed by atoms with Crippen molar-refractivity contribution >= 4 is 23.5 Å². The minimum absolute atomic E-state index is 0.0265. The minimum atomic E-state index is -0.863. The standard InChI is InChI=1S/C13H27N3O2S/c1-4-7-13(8-5-2,11(14)16-18)12(17)15-9-6-10-19-3/h18H,4-10H2,1-3H3,(H2,14,16)(H,15,17). The molecule has 0 aromatic heterocycles. The SMILES string of the molecule is CCCC(CCC)(C(=O)NCCCSC)C(N)=NO. The number of thioether (sulfide) groups is 1. The highest BCUT2D eigenvalue weighted by molar-refractivity contribution is 7.98. The normalized spacial score (nSPS) is 12.5. The maximum absolute atomic E-state index is 12.4. The molecule has 0 bridgehead atoms. The number of carbonyl (C=O) groups excluding carboxylic acids is 1. The third kappa shape index (κ3) is 5.30. The minimum Gasteiger partial charge on any atom is -0.409 e. The maximum atomic E-state index is 12.4. The second-order valence-corrected chi connectivity index (χ2v) is 5.66. The van der Waals surface area contributed by atoms with Crippen LogP contribution in [-0.2, 0) is 4.79 Å². The van der Waals surface area contributed by atoms with Crippen molar-refractivity contribution in [3.63, 3.8) is 0 Å². The van der Waals surface area contributed by atoms with Gasteiger partial charge in [-0.3, -0.25) is 4.79 Å². The van der Waals surface area contributed by atoms with E-state index in [1.165, 1.54) is 0 Å². The van der Waals surface area contributed by atoms with Crippen LogP contribution in [0.1, 0.15) is 46.0 Å². The first-order chi connectivity index (χ1) is 9.08. The number of nitrogens with one attached hydrogen (secondary N) is 1. The van der Waals surface area contributed by atoms with Crippen LogP contribution in [0.2, 0.25) is 0 Å². The van der Waals surface area contributed by atoms with Crippen molar-refractivity contribution in [1.82, 2.24) is 5.32 Å².